The first kappa shape index (κ1) is 13.0. The minimum atomic E-state index is -4.38. The highest BCUT2D eigenvalue weighted by Crippen LogP contribution is 2.31. The molecule has 0 aliphatic heterocycles. The maximum atomic E-state index is 12.5. The van der Waals surface area contributed by atoms with Crippen LogP contribution >= 0.6 is 0 Å². The molecule has 0 spiro atoms. The molecule has 1 nitrogen and oxygen atoms in total. The van der Waals surface area contributed by atoms with Gasteiger partial charge in [0.05, 0.1) is 0 Å². The van der Waals surface area contributed by atoms with Crippen LogP contribution in [-0.2, 0) is 12.8 Å². The molecule has 0 amide bonds. The van der Waals surface area contributed by atoms with Crippen LogP contribution < -0.4 is 5.73 Å². The molecule has 1 aromatic carbocycles. The number of alkyl halides is 3. The van der Waals surface area contributed by atoms with Crippen LogP contribution in [0.5, 0.6) is 0 Å². The Labute approximate surface area is 93.5 Å². The summed E-state index contributed by atoms with van der Waals surface area (Å²) < 4.78 is 37.4. The van der Waals surface area contributed by atoms with Gasteiger partial charge in [0.2, 0.25) is 0 Å². The summed E-state index contributed by atoms with van der Waals surface area (Å²) in [4.78, 5) is 0. The van der Waals surface area contributed by atoms with E-state index in [2.05, 4.69) is 0 Å². The van der Waals surface area contributed by atoms with Gasteiger partial charge in [0, 0.05) is 0 Å². The number of hydrogen-bond donors (Lipinski definition) is 1. The summed E-state index contributed by atoms with van der Waals surface area (Å²) in [7, 11) is 0. The Balaban J connectivity index is 3.13. The van der Waals surface area contributed by atoms with Gasteiger partial charge in [0.15, 0.2) is 0 Å². The lowest BCUT2D eigenvalue weighted by Gasteiger charge is -2.17. The lowest BCUT2D eigenvalue weighted by atomic mass is 9.98. The van der Waals surface area contributed by atoms with Gasteiger partial charge in [-0.1, -0.05) is 32.0 Å². The van der Waals surface area contributed by atoms with E-state index in [9.17, 15) is 13.2 Å². The van der Waals surface area contributed by atoms with E-state index >= 15 is 0 Å². The summed E-state index contributed by atoms with van der Waals surface area (Å²) in [6.45, 7) is 3.83. The summed E-state index contributed by atoms with van der Waals surface area (Å²) in [5.41, 5.74) is 7.14. The zero-order valence-electron chi connectivity index (χ0n) is 9.43. The van der Waals surface area contributed by atoms with Gasteiger partial charge in [-0.15, -0.1) is 0 Å². The molecule has 90 valence electrons. The Morgan fingerprint density at radius 1 is 1.06 bits per heavy atom. The third-order valence-electron chi connectivity index (χ3n) is 2.60. The second kappa shape index (κ2) is 4.87. The van der Waals surface area contributed by atoms with Crippen LogP contribution in [-0.4, -0.2) is 6.18 Å². The molecule has 0 saturated carbocycles. The van der Waals surface area contributed by atoms with Crippen molar-refractivity contribution in [3.05, 3.63) is 34.9 Å². The average molecular weight is 231 g/mol. The molecule has 2 N–H and O–H groups in total. The third-order valence-corrected chi connectivity index (χ3v) is 2.60. The van der Waals surface area contributed by atoms with Crippen molar-refractivity contribution in [1.29, 1.82) is 0 Å². The van der Waals surface area contributed by atoms with Gasteiger partial charge >= 0.3 is 6.18 Å². The van der Waals surface area contributed by atoms with Gasteiger partial charge in [0.1, 0.15) is 6.04 Å². The monoisotopic (exact) mass is 231 g/mol. The van der Waals surface area contributed by atoms with Crippen LogP contribution in [0.4, 0.5) is 13.2 Å². The van der Waals surface area contributed by atoms with Crippen molar-refractivity contribution in [2.75, 3.05) is 0 Å². The Bertz CT molecular complexity index is 336. The van der Waals surface area contributed by atoms with Crippen molar-refractivity contribution in [3.8, 4) is 0 Å². The first-order valence-corrected chi connectivity index (χ1v) is 5.33. The van der Waals surface area contributed by atoms with E-state index in [1.807, 2.05) is 19.9 Å². The van der Waals surface area contributed by atoms with E-state index in [-0.39, 0.29) is 5.56 Å². The van der Waals surface area contributed by atoms with E-state index in [0.29, 0.717) is 12.8 Å². The Kier molecular flexibility index (Phi) is 3.97. The summed E-state index contributed by atoms with van der Waals surface area (Å²) in [6, 6.07) is 3.12. The molecule has 1 atom stereocenters. The van der Waals surface area contributed by atoms with Crippen molar-refractivity contribution in [2.24, 2.45) is 5.73 Å². The van der Waals surface area contributed by atoms with Gasteiger partial charge in [-0.25, -0.2) is 0 Å². The maximum absolute atomic E-state index is 12.5. The first-order valence-electron chi connectivity index (χ1n) is 5.33. The van der Waals surface area contributed by atoms with Gasteiger partial charge in [0.25, 0.3) is 0 Å². The van der Waals surface area contributed by atoms with Gasteiger partial charge < -0.3 is 5.73 Å². The zero-order valence-corrected chi connectivity index (χ0v) is 9.43. The Morgan fingerprint density at radius 3 is 1.81 bits per heavy atom. The van der Waals surface area contributed by atoms with Gasteiger partial charge in [-0.05, 0) is 29.5 Å². The van der Waals surface area contributed by atoms with Crippen LogP contribution in [0.1, 0.15) is 36.6 Å². The predicted molar refractivity (Wildman–Crippen MR) is 58.2 cm³/mol. The highest BCUT2D eigenvalue weighted by atomic mass is 19.4. The van der Waals surface area contributed by atoms with Crippen LogP contribution in [0.25, 0.3) is 0 Å². The van der Waals surface area contributed by atoms with E-state index in [0.717, 1.165) is 11.1 Å². The lowest BCUT2D eigenvalue weighted by molar-refractivity contribution is -0.149. The molecular weight excluding hydrogens is 215 g/mol. The molecule has 0 saturated heterocycles. The second-order valence-electron chi connectivity index (χ2n) is 3.81. The lowest BCUT2D eigenvalue weighted by Crippen LogP contribution is -2.28. The predicted octanol–water partition coefficient (Wildman–Crippen LogP) is 3.37. The number of rotatable bonds is 3. The normalized spacial score (nSPS) is 13.9. The average Bonchev–Trinajstić information content (AvgIpc) is 2.26. The molecule has 1 rings (SSSR count). The molecule has 0 aromatic heterocycles. The van der Waals surface area contributed by atoms with Crippen molar-refractivity contribution < 1.29 is 13.2 Å². The van der Waals surface area contributed by atoms with Crippen molar-refractivity contribution in [3.63, 3.8) is 0 Å². The molecular formula is C12H16F3N. The molecule has 0 aliphatic carbocycles. The standard InChI is InChI=1S/C12H16F3N/c1-3-8-5-9(4-2)7-10(6-8)11(16)12(13,14)15/h5-7,11H,3-4,16H2,1-2H3/t11-/m1/s1. The summed E-state index contributed by atoms with van der Waals surface area (Å²) in [5, 5.41) is 0. The SMILES string of the molecule is CCc1cc(CC)cc([C@@H](N)C(F)(F)F)c1. The van der Waals surface area contributed by atoms with Crippen molar-refractivity contribution in [1.82, 2.24) is 0 Å². The smallest absolute Gasteiger partial charge is 0.316 e. The highest BCUT2D eigenvalue weighted by molar-refractivity contribution is 5.32. The minimum Gasteiger partial charge on any atom is -0.316 e. The van der Waals surface area contributed by atoms with Crippen LogP contribution in [0.3, 0.4) is 0 Å². The molecule has 1 aromatic rings. The molecule has 4 heteroatoms. The fraction of sp³-hybridized carbons (Fsp3) is 0.500. The molecule has 16 heavy (non-hydrogen) atoms. The quantitative estimate of drug-likeness (QED) is 0.848. The van der Waals surface area contributed by atoms with E-state index in [1.54, 1.807) is 0 Å². The molecule has 0 unspecified atom stereocenters. The number of benzene rings is 1. The van der Waals surface area contributed by atoms with Crippen LogP contribution in [0, 0.1) is 0 Å². The molecule has 0 bridgehead atoms. The fourth-order valence-corrected chi connectivity index (χ4v) is 1.57. The second-order valence-corrected chi connectivity index (χ2v) is 3.81. The van der Waals surface area contributed by atoms with Gasteiger partial charge in [-0.2, -0.15) is 13.2 Å². The van der Waals surface area contributed by atoms with Crippen LogP contribution in [0.15, 0.2) is 18.2 Å². The Morgan fingerprint density at radius 2 is 1.50 bits per heavy atom. The summed E-state index contributed by atoms with van der Waals surface area (Å²) in [6.07, 6.45) is -2.95. The number of aryl methyl sites for hydroxylation is 2. The highest BCUT2D eigenvalue weighted by Gasteiger charge is 2.37. The molecule has 0 heterocycles. The number of nitrogens with two attached hydrogens (primary N) is 1. The third kappa shape index (κ3) is 2.98. The van der Waals surface area contributed by atoms with Gasteiger partial charge in [-0.3, -0.25) is 0 Å². The summed E-state index contributed by atoms with van der Waals surface area (Å²) >= 11 is 0. The van der Waals surface area contributed by atoms with E-state index in [1.165, 1.54) is 12.1 Å². The topological polar surface area (TPSA) is 26.0 Å². The van der Waals surface area contributed by atoms with Crippen molar-refractivity contribution >= 4 is 0 Å². The maximum Gasteiger partial charge on any atom is 0.407 e. The van der Waals surface area contributed by atoms with Crippen LogP contribution in [0.2, 0.25) is 0 Å². The van der Waals surface area contributed by atoms with E-state index < -0.39 is 12.2 Å². The number of halogens is 3. The fourth-order valence-electron chi connectivity index (χ4n) is 1.57. The summed E-state index contributed by atoms with van der Waals surface area (Å²) in [5.74, 6) is 0. The zero-order chi connectivity index (χ0) is 12.3. The first-order chi connectivity index (χ1) is 7.38. The Hall–Kier alpha value is -1.03. The molecule has 0 fully saturated rings. The van der Waals surface area contributed by atoms with E-state index in [4.69, 9.17) is 5.73 Å². The largest absolute Gasteiger partial charge is 0.407 e. The molecule has 0 aliphatic rings. The minimum absolute atomic E-state index is 0.156. The molecule has 0 radical (unpaired) electrons. The number of hydrogen-bond acceptors (Lipinski definition) is 1. The van der Waals surface area contributed by atoms with Crippen molar-refractivity contribution in [2.45, 2.75) is 38.9 Å².